The minimum Gasteiger partial charge on any atom is -0.379 e. The van der Waals surface area contributed by atoms with E-state index in [4.69, 9.17) is 9.26 Å². The van der Waals surface area contributed by atoms with Gasteiger partial charge < -0.3 is 14.6 Å². The van der Waals surface area contributed by atoms with Gasteiger partial charge in [0.05, 0.1) is 13.2 Å². The van der Waals surface area contributed by atoms with E-state index in [1.807, 2.05) is 0 Å². The van der Waals surface area contributed by atoms with Crippen LogP contribution in [0.5, 0.6) is 0 Å². The molecule has 1 amide bonds. The van der Waals surface area contributed by atoms with Crippen molar-refractivity contribution in [3.8, 4) is 0 Å². The first-order valence-corrected chi connectivity index (χ1v) is 7.11. The summed E-state index contributed by atoms with van der Waals surface area (Å²) in [6, 6.07) is 1.96. The molecule has 1 saturated heterocycles. The van der Waals surface area contributed by atoms with Crippen LogP contribution in [0.25, 0.3) is 0 Å². The Kier molecular flexibility index (Phi) is 5.14. The Labute approximate surface area is 119 Å². The van der Waals surface area contributed by atoms with Gasteiger partial charge in [0.15, 0.2) is 5.69 Å². The maximum atomic E-state index is 12.0. The summed E-state index contributed by atoms with van der Waals surface area (Å²) < 4.78 is 10.3. The van der Waals surface area contributed by atoms with Crippen LogP contribution in [0.1, 0.15) is 30.1 Å². The number of nitrogens with zero attached hydrogens (tertiary/aromatic N) is 2. The van der Waals surface area contributed by atoms with Crippen LogP contribution < -0.4 is 5.32 Å². The molecule has 6 heteroatoms. The van der Waals surface area contributed by atoms with Crippen molar-refractivity contribution in [2.45, 2.75) is 26.8 Å². The summed E-state index contributed by atoms with van der Waals surface area (Å²) in [4.78, 5) is 14.4. The molecule has 1 aromatic heterocycles. The van der Waals surface area contributed by atoms with E-state index in [2.05, 4.69) is 29.2 Å². The third-order valence-corrected chi connectivity index (χ3v) is 3.62. The van der Waals surface area contributed by atoms with Crippen LogP contribution in [0.3, 0.4) is 0 Å². The zero-order valence-electron chi connectivity index (χ0n) is 12.4. The third-order valence-electron chi connectivity index (χ3n) is 3.62. The zero-order chi connectivity index (χ0) is 14.5. The van der Waals surface area contributed by atoms with E-state index in [0.29, 0.717) is 30.0 Å². The summed E-state index contributed by atoms with van der Waals surface area (Å²) >= 11 is 0. The zero-order valence-corrected chi connectivity index (χ0v) is 12.4. The first-order valence-electron chi connectivity index (χ1n) is 7.11. The van der Waals surface area contributed by atoms with E-state index < -0.39 is 0 Å². The summed E-state index contributed by atoms with van der Waals surface area (Å²) in [5.41, 5.74) is 0.340. The van der Waals surface area contributed by atoms with E-state index in [1.54, 1.807) is 13.0 Å². The lowest BCUT2D eigenvalue weighted by atomic mass is 10.0. The fraction of sp³-hybridized carbons (Fsp3) is 0.714. The number of ether oxygens (including phenoxy) is 1. The number of amides is 1. The van der Waals surface area contributed by atoms with Crippen molar-refractivity contribution in [1.82, 2.24) is 15.4 Å². The van der Waals surface area contributed by atoms with Crippen molar-refractivity contribution in [3.63, 3.8) is 0 Å². The number of hydrogen-bond acceptors (Lipinski definition) is 5. The van der Waals surface area contributed by atoms with E-state index in [1.165, 1.54) is 0 Å². The van der Waals surface area contributed by atoms with Crippen LogP contribution in [-0.4, -0.2) is 54.9 Å². The first kappa shape index (κ1) is 15.0. The molecule has 1 fully saturated rings. The molecule has 1 N–H and O–H groups in total. The summed E-state index contributed by atoms with van der Waals surface area (Å²) in [7, 11) is 0. The Morgan fingerprint density at radius 1 is 1.45 bits per heavy atom. The Hall–Kier alpha value is -1.40. The normalized spacial score (nSPS) is 18.2. The SMILES string of the molecule is Cc1cc(C(=O)NC[C@@H](C(C)C)N2CCOCC2)no1. The fourth-order valence-electron chi connectivity index (χ4n) is 2.46. The van der Waals surface area contributed by atoms with Gasteiger partial charge in [-0.2, -0.15) is 0 Å². The lowest BCUT2D eigenvalue weighted by molar-refractivity contribution is 0.00671. The first-order chi connectivity index (χ1) is 9.58. The Morgan fingerprint density at radius 2 is 2.15 bits per heavy atom. The van der Waals surface area contributed by atoms with Gasteiger partial charge in [0.2, 0.25) is 0 Å². The average Bonchev–Trinajstić information content (AvgIpc) is 2.86. The quantitative estimate of drug-likeness (QED) is 0.874. The standard InChI is InChI=1S/C14H23N3O3/c1-10(2)13(17-4-6-19-7-5-17)9-15-14(18)12-8-11(3)20-16-12/h8,10,13H,4-7,9H2,1-3H3,(H,15,18)/t13-/m0/s1. The van der Waals surface area contributed by atoms with Gasteiger partial charge in [-0.05, 0) is 12.8 Å². The smallest absolute Gasteiger partial charge is 0.273 e. The van der Waals surface area contributed by atoms with Crippen LogP contribution in [0.4, 0.5) is 0 Å². The molecule has 1 atom stereocenters. The second kappa shape index (κ2) is 6.85. The van der Waals surface area contributed by atoms with Gasteiger partial charge in [-0.25, -0.2) is 0 Å². The average molecular weight is 281 g/mol. The van der Waals surface area contributed by atoms with Gasteiger partial charge in [0, 0.05) is 31.7 Å². The number of aryl methyl sites for hydroxylation is 1. The molecule has 0 bridgehead atoms. The van der Waals surface area contributed by atoms with Gasteiger partial charge in [0.25, 0.3) is 5.91 Å². The van der Waals surface area contributed by atoms with E-state index in [0.717, 1.165) is 26.3 Å². The van der Waals surface area contributed by atoms with Crippen LogP contribution >= 0.6 is 0 Å². The van der Waals surface area contributed by atoms with Crippen LogP contribution in [-0.2, 0) is 4.74 Å². The molecule has 0 aromatic carbocycles. The number of carbonyl (C=O) groups excluding carboxylic acids is 1. The maximum absolute atomic E-state index is 12.0. The predicted octanol–water partition coefficient (Wildman–Crippen LogP) is 1.07. The molecule has 0 unspecified atom stereocenters. The minimum absolute atomic E-state index is 0.180. The highest BCUT2D eigenvalue weighted by Crippen LogP contribution is 2.12. The predicted molar refractivity (Wildman–Crippen MR) is 74.6 cm³/mol. The second-order valence-electron chi connectivity index (χ2n) is 5.49. The fourth-order valence-corrected chi connectivity index (χ4v) is 2.46. The molecule has 0 spiro atoms. The van der Waals surface area contributed by atoms with E-state index in [9.17, 15) is 4.79 Å². The van der Waals surface area contributed by atoms with E-state index in [-0.39, 0.29) is 5.91 Å². The van der Waals surface area contributed by atoms with Crippen molar-refractivity contribution < 1.29 is 14.1 Å². The highest BCUT2D eigenvalue weighted by Gasteiger charge is 2.24. The van der Waals surface area contributed by atoms with Crippen molar-refractivity contribution in [3.05, 3.63) is 17.5 Å². The van der Waals surface area contributed by atoms with Crippen LogP contribution in [0.2, 0.25) is 0 Å². The topological polar surface area (TPSA) is 67.6 Å². The van der Waals surface area contributed by atoms with Gasteiger partial charge in [-0.1, -0.05) is 19.0 Å². The molecule has 6 nitrogen and oxygen atoms in total. The number of carbonyl (C=O) groups is 1. The molecule has 1 aliphatic rings. The summed E-state index contributed by atoms with van der Waals surface area (Å²) in [5, 5.41) is 6.68. The van der Waals surface area contributed by atoms with Gasteiger partial charge in [-0.15, -0.1) is 0 Å². The number of morpholine rings is 1. The molecular weight excluding hydrogens is 258 g/mol. The highest BCUT2D eigenvalue weighted by atomic mass is 16.5. The Bertz CT molecular complexity index is 439. The molecule has 2 heterocycles. The lowest BCUT2D eigenvalue weighted by Gasteiger charge is -2.36. The molecule has 1 aliphatic heterocycles. The van der Waals surface area contributed by atoms with Crippen molar-refractivity contribution in [1.29, 1.82) is 0 Å². The summed E-state index contributed by atoms with van der Waals surface area (Å²) in [6.45, 7) is 10.1. The molecule has 0 radical (unpaired) electrons. The highest BCUT2D eigenvalue weighted by molar-refractivity contribution is 5.92. The van der Waals surface area contributed by atoms with Gasteiger partial charge in [-0.3, -0.25) is 9.69 Å². The lowest BCUT2D eigenvalue weighted by Crippen LogP contribution is -2.51. The van der Waals surface area contributed by atoms with Crippen LogP contribution in [0, 0.1) is 12.8 Å². The van der Waals surface area contributed by atoms with Gasteiger partial charge in [0.1, 0.15) is 5.76 Å². The van der Waals surface area contributed by atoms with Crippen LogP contribution in [0.15, 0.2) is 10.6 Å². The molecule has 2 rings (SSSR count). The Morgan fingerprint density at radius 3 is 2.70 bits per heavy atom. The molecule has 0 saturated carbocycles. The molecular formula is C14H23N3O3. The Balaban J connectivity index is 1.90. The number of rotatable bonds is 5. The molecule has 0 aliphatic carbocycles. The molecule has 20 heavy (non-hydrogen) atoms. The summed E-state index contributed by atoms with van der Waals surface area (Å²) in [5.74, 6) is 0.928. The minimum atomic E-state index is -0.180. The largest absolute Gasteiger partial charge is 0.379 e. The maximum Gasteiger partial charge on any atom is 0.273 e. The molecule has 112 valence electrons. The summed E-state index contributed by atoms with van der Waals surface area (Å²) in [6.07, 6.45) is 0. The number of hydrogen-bond donors (Lipinski definition) is 1. The molecule has 1 aromatic rings. The third kappa shape index (κ3) is 3.80. The van der Waals surface area contributed by atoms with Crippen molar-refractivity contribution in [2.24, 2.45) is 5.92 Å². The van der Waals surface area contributed by atoms with Crippen molar-refractivity contribution >= 4 is 5.91 Å². The monoisotopic (exact) mass is 281 g/mol. The number of aromatic nitrogens is 1. The van der Waals surface area contributed by atoms with E-state index >= 15 is 0 Å². The van der Waals surface area contributed by atoms with Crippen molar-refractivity contribution in [2.75, 3.05) is 32.8 Å². The second-order valence-corrected chi connectivity index (χ2v) is 5.49. The van der Waals surface area contributed by atoms with Gasteiger partial charge >= 0.3 is 0 Å². The number of nitrogens with one attached hydrogen (secondary N) is 1.